The van der Waals surface area contributed by atoms with Gasteiger partial charge in [0.25, 0.3) is 5.91 Å². The van der Waals surface area contributed by atoms with Crippen LogP contribution < -0.4 is 15.6 Å². The summed E-state index contributed by atoms with van der Waals surface area (Å²) in [6.07, 6.45) is -1.54. The number of morpholine rings is 1. The van der Waals surface area contributed by atoms with Crippen LogP contribution in [0, 0.1) is 6.92 Å². The third-order valence-corrected chi connectivity index (χ3v) is 6.21. The largest absolute Gasteiger partial charge is 0.416 e. The van der Waals surface area contributed by atoms with Crippen molar-refractivity contribution < 1.29 is 27.4 Å². The Morgan fingerprint density at radius 2 is 2.00 bits per heavy atom. The van der Waals surface area contributed by atoms with E-state index in [2.05, 4.69) is 15.2 Å². The van der Waals surface area contributed by atoms with Crippen LogP contribution in [0.25, 0.3) is 11.0 Å². The normalized spacial score (nSPS) is 14.3. The number of rotatable bonds is 7. The molecule has 0 radical (unpaired) electrons. The first-order chi connectivity index (χ1) is 17.2. The molecule has 1 aromatic carbocycles. The van der Waals surface area contributed by atoms with Gasteiger partial charge in [-0.25, -0.2) is 4.98 Å². The van der Waals surface area contributed by atoms with E-state index >= 15 is 0 Å². The molecule has 2 aromatic heterocycles. The number of nitrogens with one attached hydrogen (secondary N) is 1. The summed E-state index contributed by atoms with van der Waals surface area (Å²) in [5, 5.41) is 2.62. The summed E-state index contributed by atoms with van der Waals surface area (Å²) in [4.78, 5) is 32.4. The number of carbonyl (C=O) groups is 1. The molecule has 1 saturated heterocycles. The van der Waals surface area contributed by atoms with Gasteiger partial charge in [-0.2, -0.15) is 13.2 Å². The lowest BCUT2D eigenvalue weighted by Crippen LogP contribution is -2.36. The van der Waals surface area contributed by atoms with Crippen molar-refractivity contribution in [3.63, 3.8) is 0 Å². The number of ether oxygens (including phenoxy) is 2. The van der Waals surface area contributed by atoms with Gasteiger partial charge in [0.05, 0.1) is 42.8 Å². The number of hydrogen-bond acceptors (Lipinski definition) is 6. The van der Waals surface area contributed by atoms with Gasteiger partial charge < -0.3 is 24.3 Å². The fourth-order valence-corrected chi connectivity index (χ4v) is 4.24. The van der Waals surface area contributed by atoms with E-state index in [0.717, 1.165) is 11.8 Å². The molecule has 192 valence electrons. The molecule has 3 aromatic rings. The summed E-state index contributed by atoms with van der Waals surface area (Å²) in [5.74, 6) is -0.604. The Morgan fingerprint density at radius 1 is 1.25 bits per heavy atom. The van der Waals surface area contributed by atoms with E-state index in [-0.39, 0.29) is 36.3 Å². The number of methoxy groups -OCH3 is 1. The van der Waals surface area contributed by atoms with E-state index in [1.165, 1.54) is 26.3 Å². The van der Waals surface area contributed by atoms with Crippen molar-refractivity contribution >= 4 is 22.6 Å². The number of fused-ring (bicyclic) bond motifs is 1. The SMILES string of the molecule is COCCNC(=O)c1cn(Cc2cccc(C(F)(F)F)c2C)c2cc(N3CCOCC3)cnc2c1=O. The molecule has 8 nitrogen and oxygen atoms in total. The van der Waals surface area contributed by atoms with Gasteiger partial charge >= 0.3 is 6.18 Å². The maximum absolute atomic E-state index is 13.5. The fourth-order valence-electron chi connectivity index (χ4n) is 4.24. The molecule has 1 N–H and O–H groups in total. The standard InChI is InChI=1S/C25H27F3N4O4/c1-16-17(4-3-5-20(16)25(26,27)28)14-32-15-19(24(34)29-6-9-35-2)23(33)22-21(32)12-18(13-30-22)31-7-10-36-11-8-31/h3-5,12-13,15H,6-11,14H2,1-2H3,(H,29,34). The van der Waals surface area contributed by atoms with Crippen molar-refractivity contribution in [2.45, 2.75) is 19.6 Å². The van der Waals surface area contributed by atoms with E-state index < -0.39 is 23.1 Å². The molecular weight excluding hydrogens is 477 g/mol. The lowest BCUT2D eigenvalue weighted by atomic mass is 10.0. The Labute approximate surface area is 205 Å². The number of amides is 1. The Kier molecular flexibility index (Phi) is 7.60. The maximum atomic E-state index is 13.5. The van der Waals surface area contributed by atoms with Gasteiger partial charge in [0.2, 0.25) is 5.43 Å². The van der Waals surface area contributed by atoms with Gasteiger partial charge in [-0.15, -0.1) is 0 Å². The number of aromatic nitrogens is 2. The average Bonchev–Trinajstić information content (AvgIpc) is 2.86. The van der Waals surface area contributed by atoms with E-state index in [1.54, 1.807) is 22.9 Å². The zero-order valence-electron chi connectivity index (χ0n) is 20.0. The smallest absolute Gasteiger partial charge is 0.383 e. The molecule has 1 aliphatic heterocycles. The molecule has 3 heterocycles. The third-order valence-electron chi connectivity index (χ3n) is 6.21. The highest BCUT2D eigenvalue weighted by Gasteiger charge is 2.33. The molecule has 1 aliphatic rings. The Bertz CT molecular complexity index is 1320. The van der Waals surface area contributed by atoms with Crippen LogP contribution >= 0.6 is 0 Å². The van der Waals surface area contributed by atoms with Crippen LogP contribution in [-0.4, -0.2) is 62.0 Å². The molecule has 0 aliphatic carbocycles. The Hall–Kier alpha value is -3.44. The van der Waals surface area contributed by atoms with Crippen LogP contribution in [-0.2, 0) is 22.2 Å². The second-order valence-corrected chi connectivity index (χ2v) is 8.50. The molecular formula is C25H27F3N4O4. The van der Waals surface area contributed by atoms with Crippen LogP contribution in [0.15, 0.2) is 41.5 Å². The minimum atomic E-state index is -4.50. The number of nitrogens with zero attached hydrogens (tertiary/aromatic N) is 3. The van der Waals surface area contributed by atoms with Crippen LogP contribution in [0.1, 0.15) is 27.0 Å². The molecule has 0 spiro atoms. The molecule has 36 heavy (non-hydrogen) atoms. The molecule has 1 amide bonds. The predicted octanol–water partition coefficient (Wildman–Crippen LogP) is 2.98. The van der Waals surface area contributed by atoms with E-state index in [0.29, 0.717) is 37.4 Å². The average molecular weight is 505 g/mol. The van der Waals surface area contributed by atoms with Crippen LogP contribution in [0.2, 0.25) is 0 Å². The lowest BCUT2D eigenvalue weighted by molar-refractivity contribution is -0.138. The van der Waals surface area contributed by atoms with E-state index in [9.17, 15) is 22.8 Å². The lowest BCUT2D eigenvalue weighted by Gasteiger charge is -2.29. The molecule has 1 fully saturated rings. The zero-order valence-corrected chi connectivity index (χ0v) is 20.0. The summed E-state index contributed by atoms with van der Waals surface area (Å²) in [7, 11) is 1.49. The second-order valence-electron chi connectivity index (χ2n) is 8.50. The van der Waals surface area contributed by atoms with Gasteiger partial charge in [0, 0.05) is 39.5 Å². The maximum Gasteiger partial charge on any atom is 0.416 e. The first kappa shape index (κ1) is 25.6. The number of halogens is 3. The van der Waals surface area contributed by atoms with Crippen LogP contribution in [0.4, 0.5) is 18.9 Å². The van der Waals surface area contributed by atoms with Crippen molar-refractivity contribution in [1.82, 2.24) is 14.9 Å². The molecule has 0 saturated carbocycles. The van der Waals surface area contributed by atoms with Gasteiger partial charge in [-0.05, 0) is 30.2 Å². The van der Waals surface area contributed by atoms with Crippen molar-refractivity contribution in [1.29, 1.82) is 0 Å². The summed E-state index contributed by atoms with van der Waals surface area (Å²) in [6, 6.07) is 5.78. The van der Waals surface area contributed by atoms with Crippen molar-refractivity contribution in [2.24, 2.45) is 0 Å². The third kappa shape index (κ3) is 5.36. The van der Waals surface area contributed by atoms with Crippen LogP contribution in [0.5, 0.6) is 0 Å². The summed E-state index contributed by atoms with van der Waals surface area (Å²) in [5.41, 5.74) is 0.329. The molecule has 4 rings (SSSR count). The van der Waals surface area contributed by atoms with E-state index in [1.807, 2.05) is 0 Å². The first-order valence-electron chi connectivity index (χ1n) is 11.5. The highest BCUT2D eigenvalue weighted by atomic mass is 19.4. The highest BCUT2D eigenvalue weighted by molar-refractivity contribution is 5.97. The Balaban J connectivity index is 1.84. The van der Waals surface area contributed by atoms with Gasteiger partial charge in [-0.3, -0.25) is 9.59 Å². The number of hydrogen-bond donors (Lipinski definition) is 1. The van der Waals surface area contributed by atoms with Gasteiger partial charge in [0.1, 0.15) is 11.1 Å². The monoisotopic (exact) mass is 504 g/mol. The fraction of sp³-hybridized carbons (Fsp3) is 0.400. The minimum absolute atomic E-state index is 0.0130. The summed E-state index contributed by atoms with van der Waals surface area (Å²) >= 11 is 0. The zero-order chi connectivity index (χ0) is 25.9. The number of carbonyl (C=O) groups excluding carboxylic acids is 1. The topological polar surface area (TPSA) is 85.7 Å². The second kappa shape index (κ2) is 10.7. The van der Waals surface area contributed by atoms with Gasteiger partial charge in [0.15, 0.2) is 0 Å². The number of benzene rings is 1. The van der Waals surface area contributed by atoms with Crippen LogP contribution in [0.3, 0.4) is 0 Å². The number of pyridine rings is 2. The molecule has 0 atom stereocenters. The predicted molar refractivity (Wildman–Crippen MR) is 129 cm³/mol. The van der Waals surface area contributed by atoms with E-state index in [4.69, 9.17) is 9.47 Å². The molecule has 0 bridgehead atoms. The van der Waals surface area contributed by atoms with Crippen molar-refractivity contribution in [3.05, 3.63) is 69.1 Å². The first-order valence-corrected chi connectivity index (χ1v) is 11.5. The minimum Gasteiger partial charge on any atom is -0.383 e. The highest BCUT2D eigenvalue weighted by Crippen LogP contribution is 2.33. The number of alkyl halides is 3. The van der Waals surface area contributed by atoms with Crippen molar-refractivity contribution in [2.75, 3.05) is 51.5 Å². The quantitative estimate of drug-likeness (QED) is 0.498. The summed E-state index contributed by atoms with van der Waals surface area (Å²) in [6.45, 7) is 4.27. The molecule has 0 unspecified atom stereocenters. The van der Waals surface area contributed by atoms with Crippen molar-refractivity contribution in [3.8, 4) is 0 Å². The molecule has 11 heteroatoms. The Morgan fingerprint density at radius 3 is 2.69 bits per heavy atom. The van der Waals surface area contributed by atoms with Gasteiger partial charge in [-0.1, -0.05) is 12.1 Å². The number of anilines is 1. The summed E-state index contributed by atoms with van der Waals surface area (Å²) < 4.78 is 52.5.